The Labute approximate surface area is 172 Å². The Morgan fingerprint density at radius 2 is 1.50 bits per heavy atom. The van der Waals surface area contributed by atoms with Gasteiger partial charge in [0.15, 0.2) is 6.61 Å². The monoisotopic (exact) mass is 408 g/mol. The number of esters is 1. The SMILES string of the molecule is COc1ccc(C(=O)NNC(=O)COC(=O)c2cc3ccccc3cc2OC)cc1. The van der Waals surface area contributed by atoms with Gasteiger partial charge in [-0.05, 0) is 47.2 Å². The second kappa shape index (κ2) is 9.42. The highest BCUT2D eigenvalue weighted by atomic mass is 16.5. The van der Waals surface area contributed by atoms with Crippen LogP contribution in [0.1, 0.15) is 20.7 Å². The molecule has 0 radical (unpaired) electrons. The molecule has 0 fully saturated rings. The quantitative estimate of drug-likeness (QED) is 0.480. The van der Waals surface area contributed by atoms with Crippen molar-refractivity contribution in [2.75, 3.05) is 20.8 Å². The van der Waals surface area contributed by atoms with Gasteiger partial charge in [0, 0.05) is 5.56 Å². The summed E-state index contributed by atoms with van der Waals surface area (Å²) in [4.78, 5) is 36.4. The molecule has 0 saturated carbocycles. The van der Waals surface area contributed by atoms with E-state index in [1.807, 2.05) is 24.3 Å². The van der Waals surface area contributed by atoms with E-state index in [0.717, 1.165) is 10.8 Å². The van der Waals surface area contributed by atoms with E-state index in [0.29, 0.717) is 17.1 Å². The second-order valence-electron chi connectivity index (χ2n) is 6.21. The summed E-state index contributed by atoms with van der Waals surface area (Å²) in [6.07, 6.45) is 0. The van der Waals surface area contributed by atoms with Crippen molar-refractivity contribution < 1.29 is 28.6 Å². The third kappa shape index (κ3) is 4.85. The zero-order valence-electron chi connectivity index (χ0n) is 16.4. The van der Waals surface area contributed by atoms with Gasteiger partial charge in [-0.3, -0.25) is 20.4 Å². The Kier molecular flexibility index (Phi) is 6.49. The van der Waals surface area contributed by atoms with Gasteiger partial charge in [-0.15, -0.1) is 0 Å². The maximum atomic E-state index is 12.4. The van der Waals surface area contributed by atoms with E-state index in [4.69, 9.17) is 14.2 Å². The molecule has 0 unspecified atom stereocenters. The van der Waals surface area contributed by atoms with Gasteiger partial charge < -0.3 is 14.2 Å². The van der Waals surface area contributed by atoms with Crippen LogP contribution in [0.3, 0.4) is 0 Å². The zero-order chi connectivity index (χ0) is 21.5. The lowest BCUT2D eigenvalue weighted by atomic mass is 10.1. The lowest BCUT2D eigenvalue weighted by Crippen LogP contribution is -2.43. The Bertz CT molecular complexity index is 1080. The van der Waals surface area contributed by atoms with Gasteiger partial charge in [0.05, 0.1) is 14.2 Å². The fraction of sp³-hybridized carbons (Fsp3) is 0.136. The van der Waals surface area contributed by atoms with Crippen molar-refractivity contribution in [2.24, 2.45) is 0 Å². The largest absolute Gasteiger partial charge is 0.497 e. The molecule has 0 bridgehead atoms. The Balaban J connectivity index is 1.56. The number of hydrazine groups is 1. The van der Waals surface area contributed by atoms with Gasteiger partial charge in [-0.25, -0.2) is 4.79 Å². The van der Waals surface area contributed by atoms with Gasteiger partial charge in [0.1, 0.15) is 17.1 Å². The van der Waals surface area contributed by atoms with Crippen molar-refractivity contribution in [2.45, 2.75) is 0 Å². The van der Waals surface area contributed by atoms with Gasteiger partial charge in [0.25, 0.3) is 11.8 Å². The molecule has 2 amide bonds. The maximum absolute atomic E-state index is 12.4. The summed E-state index contributed by atoms with van der Waals surface area (Å²) in [5.41, 5.74) is 4.98. The molecule has 0 heterocycles. The molecule has 3 rings (SSSR count). The van der Waals surface area contributed by atoms with Crippen LogP contribution in [0.2, 0.25) is 0 Å². The molecule has 3 aromatic carbocycles. The lowest BCUT2D eigenvalue weighted by molar-refractivity contribution is -0.125. The third-order valence-electron chi connectivity index (χ3n) is 4.29. The molecule has 0 aliphatic heterocycles. The van der Waals surface area contributed by atoms with Crippen LogP contribution in [0.4, 0.5) is 0 Å². The summed E-state index contributed by atoms with van der Waals surface area (Å²) in [5.74, 6) is -0.980. The molecule has 3 aromatic rings. The van der Waals surface area contributed by atoms with Crippen molar-refractivity contribution in [3.8, 4) is 11.5 Å². The predicted octanol–water partition coefficient (Wildman–Crippen LogP) is 2.47. The van der Waals surface area contributed by atoms with Gasteiger partial charge in [-0.1, -0.05) is 24.3 Å². The van der Waals surface area contributed by atoms with Crippen LogP contribution >= 0.6 is 0 Å². The van der Waals surface area contributed by atoms with Crippen LogP contribution in [0, 0.1) is 0 Å². The summed E-state index contributed by atoms with van der Waals surface area (Å²) in [6, 6.07) is 17.2. The minimum atomic E-state index is -0.714. The Morgan fingerprint density at radius 1 is 0.833 bits per heavy atom. The smallest absolute Gasteiger partial charge is 0.342 e. The molecule has 8 nitrogen and oxygen atoms in total. The summed E-state index contributed by atoms with van der Waals surface area (Å²) >= 11 is 0. The van der Waals surface area contributed by atoms with Crippen LogP contribution < -0.4 is 20.3 Å². The third-order valence-corrected chi connectivity index (χ3v) is 4.29. The molecule has 0 aliphatic carbocycles. The molecule has 0 aliphatic rings. The van der Waals surface area contributed by atoms with Crippen LogP contribution in [-0.4, -0.2) is 38.6 Å². The minimum absolute atomic E-state index is 0.200. The highest BCUT2D eigenvalue weighted by molar-refractivity contribution is 6.00. The number of amides is 2. The average Bonchev–Trinajstić information content (AvgIpc) is 2.80. The summed E-state index contributed by atoms with van der Waals surface area (Å²) < 4.78 is 15.3. The highest BCUT2D eigenvalue weighted by Gasteiger charge is 2.17. The molecule has 30 heavy (non-hydrogen) atoms. The molecular formula is C22H20N2O6. The molecule has 0 atom stereocenters. The van der Waals surface area contributed by atoms with Crippen LogP contribution in [0.5, 0.6) is 11.5 Å². The van der Waals surface area contributed by atoms with Crippen molar-refractivity contribution in [3.63, 3.8) is 0 Å². The predicted molar refractivity (Wildman–Crippen MR) is 109 cm³/mol. The number of benzene rings is 3. The topological polar surface area (TPSA) is 103 Å². The van der Waals surface area contributed by atoms with Crippen molar-refractivity contribution in [3.05, 3.63) is 71.8 Å². The number of carbonyl (C=O) groups is 3. The van der Waals surface area contributed by atoms with Gasteiger partial charge in [-0.2, -0.15) is 0 Å². The number of hydrogen-bond acceptors (Lipinski definition) is 6. The number of ether oxygens (including phenoxy) is 3. The highest BCUT2D eigenvalue weighted by Crippen LogP contribution is 2.26. The fourth-order valence-corrected chi connectivity index (χ4v) is 2.73. The van der Waals surface area contributed by atoms with E-state index in [2.05, 4.69) is 10.9 Å². The Hall–Kier alpha value is -4.07. The number of fused-ring (bicyclic) bond motifs is 1. The second-order valence-corrected chi connectivity index (χ2v) is 6.21. The van der Waals surface area contributed by atoms with Crippen LogP contribution in [0.15, 0.2) is 60.7 Å². The van der Waals surface area contributed by atoms with E-state index < -0.39 is 24.4 Å². The van der Waals surface area contributed by atoms with E-state index in [-0.39, 0.29) is 5.56 Å². The molecular weight excluding hydrogens is 388 g/mol. The van der Waals surface area contributed by atoms with Gasteiger partial charge >= 0.3 is 5.97 Å². The molecule has 154 valence electrons. The zero-order valence-corrected chi connectivity index (χ0v) is 16.4. The number of methoxy groups -OCH3 is 2. The van der Waals surface area contributed by atoms with E-state index in [1.165, 1.54) is 14.2 Å². The summed E-state index contributed by atoms with van der Waals surface area (Å²) in [5, 5.41) is 1.74. The molecule has 0 saturated heterocycles. The van der Waals surface area contributed by atoms with Crippen molar-refractivity contribution in [1.82, 2.24) is 10.9 Å². The first-order valence-corrected chi connectivity index (χ1v) is 8.99. The fourth-order valence-electron chi connectivity index (χ4n) is 2.73. The number of hydrogen-bond donors (Lipinski definition) is 2. The number of nitrogens with one attached hydrogen (secondary N) is 2. The lowest BCUT2D eigenvalue weighted by Gasteiger charge is -2.11. The minimum Gasteiger partial charge on any atom is -0.497 e. The first kappa shape index (κ1) is 20.7. The molecule has 2 N–H and O–H groups in total. The van der Waals surface area contributed by atoms with E-state index >= 15 is 0 Å². The van der Waals surface area contributed by atoms with Crippen molar-refractivity contribution >= 4 is 28.6 Å². The molecule has 8 heteroatoms. The Morgan fingerprint density at radius 3 is 2.13 bits per heavy atom. The maximum Gasteiger partial charge on any atom is 0.342 e. The first-order valence-electron chi connectivity index (χ1n) is 8.99. The number of carbonyl (C=O) groups excluding carboxylic acids is 3. The van der Waals surface area contributed by atoms with Gasteiger partial charge in [0.2, 0.25) is 0 Å². The molecule has 0 aromatic heterocycles. The summed E-state index contributed by atoms with van der Waals surface area (Å²) in [6.45, 7) is -0.572. The standard InChI is InChI=1S/C22H20N2O6/c1-28-17-9-7-14(8-10-17)21(26)24-23-20(25)13-30-22(27)18-11-15-5-3-4-6-16(15)12-19(18)29-2/h3-12H,13H2,1-2H3,(H,23,25)(H,24,26). The number of rotatable bonds is 6. The molecule has 0 spiro atoms. The van der Waals surface area contributed by atoms with Crippen LogP contribution in [0.25, 0.3) is 10.8 Å². The van der Waals surface area contributed by atoms with Crippen molar-refractivity contribution in [1.29, 1.82) is 0 Å². The first-order chi connectivity index (χ1) is 14.5. The van der Waals surface area contributed by atoms with E-state index in [9.17, 15) is 14.4 Å². The van der Waals surface area contributed by atoms with Crippen LogP contribution in [-0.2, 0) is 9.53 Å². The normalized spacial score (nSPS) is 10.2. The summed E-state index contributed by atoms with van der Waals surface area (Å²) in [7, 11) is 2.96. The van der Waals surface area contributed by atoms with E-state index in [1.54, 1.807) is 36.4 Å². The average molecular weight is 408 g/mol.